The minimum atomic E-state index is 0.00287. The summed E-state index contributed by atoms with van der Waals surface area (Å²) in [5, 5.41) is 0.00287. The van der Waals surface area contributed by atoms with E-state index in [9.17, 15) is 0 Å². The lowest BCUT2D eigenvalue weighted by Gasteiger charge is -2.27. The van der Waals surface area contributed by atoms with Crippen LogP contribution in [0, 0.1) is 0 Å². The van der Waals surface area contributed by atoms with Crippen molar-refractivity contribution in [1.29, 1.82) is 0 Å². The van der Waals surface area contributed by atoms with Gasteiger partial charge in [-0.2, -0.15) is 0 Å². The van der Waals surface area contributed by atoms with Gasteiger partial charge in [0.2, 0.25) is 0 Å². The van der Waals surface area contributed by atoms with Gasteiger partial charge in [0.05, 0.1) is 6.26 Å². The highest BCUT2D eigenvalue weighted by molar-refractivity contribution is 6.20. The van der Waals surface area contributed by atoms with Crippen LogP contribution in [-0.2, 0) is 0 Å². The molecule has 1 aromatic rings. The first-order chi connectivity index (χ1) is 6.86. The van der Waals surface area contributed by atoms with Crippen molar-refractivity contribution in [2.24, 2.45) is 0 Å². The molecule has 14 heavy (non-hydrogen) atoms. The Morgan fingerprint density at radius 1 is 1.36 bits per heavy atom. The van der Waals surface area contributed by atoms with Crippen LogP contribution in [0.1, 0.15) is 30.4 Å². The molecule has 1 saturated heterocycles. The minimum Gasteiger partial charge on any atom is -0.468 e. The highest BCUT2D eigenvalue weighted by Crippen LogP contribution is 2.23. The van der Waals surface area contributed by atoms with E-state index in [-0.39, 0.29) is 5.38 Å². The zero-order valence-corrected chi connectivity index (χ0v) is 9.04. The summed E-state index contributed by atoms with van der Waals surface area (Å²) in [4.78, 5) is 2.42. The van der Waals surface area contributed by atoms with Crippen LogP contribution >= 0.6 is 11.6 Å². The molecule has 2 heterocycles. The van der Waals surface area contributed by atoms with E-state index in [4.69, 9.17) is 16.0 Å². The number of hydrogen-bond donors (Lipinski definition) is 0. The third-order valence-electron chi connectivity index (χ3n) is 2.72. The van der Waals surface area contributed by atoms with Crippen molar-refractivity contribution in [1.82, 2.24) is 4.90 Å². The molecule has 1 atom stereocenters. The molecule has 0 aromatic carbocycles. The number of rotatable bonds is 3. The van der Waals surface area contributed by atoms with Gasteiger partial charge in [-0.25, -0.2) is 0 Å². The standard InChI is InChI=1S/C11H16ClNO/c12-10(11-5-4-8-14-11)9-13-6-2-1-3-7-13/h4-5,8,10H,1-3,6-7,9H2. The maximum atomic E-state index is 6.25. The molecule has 78 valence electrons. The smallest absolute Gasteiger partial charge is 0.122 e. The molecule has 0 aliphatic carbocycles. The Kier molecular flexibility index (Phi) is 3.49. The minimum absolute atomic E-state index is 0.00287. The molecule has 2 rings (SSSR count). The van der Waals surface area contributed by atoms with Crippen LogP contribution in [0.4, 0.5) is 0 Å². The van der Waals surface area contributed by atoms with Gasteiger partial charge in [0, 0.05) is 6.54 Å². The summed E-state index contributed by atoms with van der Waals surface area (Å²) in [5.74, 6) is 0.886. The Balaban J connectivity index is 1.84. The van der Waals surface area contributed by atoms with E-state index in [0.29, 0.717) is 0 Å². The average molecular weight is 214 g/mol. The van der Waals surface area contributed by atoms with Crippen molar-refractivity contribution < 1.29 is 4.42 Å². The summed E-state index contributed by atoms with van der Waals surface area (Å²) in [7, 11) is 0. The number of likely N-dealkylation sites (tertiary alicyclic amines) is 1. The molecule has 0 bridgehead atoms. The van der Waals surface area contributed by atoms with Crippen LogP contribution < -0.4 is 0 Å². The second-order valence-electron chi connectivity index (χ2n) is 3.84. The van der Waals surface area contributed by atoms with Crippen LogP contribution in [0.3, 0.4) is 0 Å². The monoisotopic (exact) mass is 213 g/mol. The number of nitrogens with zero attached hydrogens (tertiary/aromatic N) is 1. The van der Waals surface area contributed by atoms with Crippen LogP contribution in [0.2, 0.25) is 0 Å². The summed E-state index contributed by atoms with van der Waals surface area (Å²) in [5.41, 5.74) is 0. The lowest BCUT2D eigenvalue weighted by Crippen LogP contribution is -2.32. The van der Waals surface area contributed by atoms with Crippen LogP contribution in [0.25, 0.3) is 0 Å². The predicted octanol–water partition coefficient (Wildman–Crippen LogP) is 3.05. The number of furan rings is 1. The summed E-state index contributed by atoms with van der Waals surface area (Å²) in [6, 6.07) is 3.84. The quantitative estimate of drug-likeness (QED) is 0.718. The molecule has 1 fully saturated rings. The largest absolute Gasteiger partial charge is 0.468 e. The fourth-order valence-corrected chi connectivity index (χ4v) is 2.25. The zero-order valence-electron chi connectivity index (χ0n) is 8.29. The number of hydrogen-bond acceptors (Lipinski definition) is 2. The molecule has 2 nitrogen and oxygen atoms in total. The first-order valence-electron chi connectivity index (χ1n) is 5.26. The molecular formula is C11H16ClNO. The number of piperidine rings is 1. The van der Waals surface area contributed by atoms with E-state index in [2.05, 4.69) is 4.90 Å². The van der Waals surface area contributed by atoms with E-state index in [1.807, 2.05) is 12.1 Å². The third kappa shape index (κ3) is 2.52. The van der Waals surface area contributed by atoms with Gasteiger partial charge in [0.1, 0.15) is 11.1 Å². The first-order valence-corrected chi connectivity index (χ1v) is 5.70. The van der Waals surface area contributed by atoms with Crippen LogP contribution in [0.15, 0.2) is 22.8 Å². The fourth-order valence-electron chi connectivity index (χ4n) is 1.93. The molecule has 0 spiro atoms. The van der Waals surface area contributed by atoms with E-state index < -0.39 is 0 Å². The van der Waals surface area contributed by atoms with Crippen LogP contribution in [0.5, 0.6) is 0 Å². The molecule has 0 radical (unpaired) electrons. The maximum absolute atomic E-state index is 6.25. The summed E-state index contributed by atoms with van der Waals surface area (Å²) in [6.07, 6.45) is 5.66. The van der Waals surface area contributed by atoms with Gasteiger partial charge < -0.3 is 9.32 Å². The van der Waals surface area contributed by atoms with Crippen molar-refractivity contribution in [3.8, 4) is 0 Å². The Bertz CT molecular complexity index is 254. The second kappa shape index (κ2) is 4.85. The second-order valence-corrected chi connectivity index (χ2v) is 4.37. The summed E-state index contributed by atoms with van der Waals surface area (Å²) >= 11 is 6.25. The Hall–Kier alpha value is -0.470. The van der Waals surface area contributed by atoms with Gasteiger partial charge in [-0.3, -0.25) is 0 Å². The van der Waals surface area contributed by atoms with Gasteiger partial charge in [-0.05, 0) is 38.1 Å². The fraction of sp³-hybridized carbons (Fsp3) is 0.636. The molecule has 0 saturated carbocycles. The van der Waals surface area contributed by atoms with E-state index in [1.165, 1.54) is 32.4 Å². The predicted molar refractivity (Wildman–Crippen MR) is 57.6 cm³/mol. The molecule has 3 heteroatoms. The molecule has 1 unspecified atom stereocenters. The SMILES string of the molecule is ClC(CN1CCCCC1)c1ccco1. The summed E-state index contributed by atoms with van der Waals surface area (Å²) < 4.78 is 5.28. The van der Waals surface area contributed by atoms with Gasteiger partial charge in [0.25, 0.3) is 0 Å². The van der Waals surface area contributed by atoms with Crippen molar-refractivity contribution in [2.75, 3.05) is 19.6 Å². The zero-order chi connectivity index (χ0) is 9.80. The Labute approximate surface area is 89.8 Å². The molecule has 1 aromatic heterocycles. The average Bonchev–Trinajstić information content (AvgIpc) is 2.72. The Morgan fingerprint density at radius 3 is 2.79 bits per heavy atom. The molecular weight excluding hydrogens is 198 g/mol. The van der Waals surface area contributed by atoms with Gasteiger partial charge in [-0.1, -0.05) is 6.42 Å². The van der Waals surface area contributed by atoms with Crippen molar-refractivity contribution >= 4 is 11.6 Å². The van der Waals surface area contributed by atoms with Crippen molar-refractivity contribution in [3.63, 3.8) is 0 Å². The molecule has 0 N–H and O–H groups in total. The van der Waals surface area contributed by atoms with E-state index >= 15 is 0 Å². The molecule has 0 amide bonds. The highest BCUT2D eigenvalue weighted by Gasteiger charge is 2.17. The van der Waals surface area contributed by atoms with E-state index in [0.717, 1.165) is 12.3 Å². The topological polar surface area (TPSA) is 16.4 Å². The maximum Gasteiger partial charge on any atom is 0.122 e. The normalized spacial score (nSPS) is 20.9. The number of alkyl halides is 1. The van der Waals surface area contributed by atoms with Crippen molar-refractivity contribution in [3.05, 3.63) is 24.2 Å². The lowest BCUT2D eigenvalue weighted by atomic mass is 10.1. The number of halogens is 1. The van der Waals surface area contributed by atoms with E-state index in [1.54, 1.807) is 6.26 Å². The van der Waals surface area contributed by atoms with Crippen LogP contribution in [-0.4, -0.2) is 24.5 Å². The Morgan fingerprint density at radius 2 is 2.14 bits per heavy atom. The molecule has 1 aliphatic heterocycles. The van der Waals surface area contributed by atoms with Gasteiger partial charge in [0.15, 0.2) is 0 Å². The summed E-state index contributed by atoms with van der Waals surface area (Å²) in [6.45, 7) is 3.28. The van der Waals surface area contributed by atoms with Gasteiger partial charge in [-0.15, -0.1) is 11.6 Å². The van der Waals surface area contributed by atoms with Gasteiger partial charge >= 0.3 is 0 Å². The van der Waals surface area contributed by atoms with Crippen molar-refractivity contribution in [2.45, 2.75) is 24.6 Å². The molecule has 1 aliphatic rings. The lowest BCUT2D eigenvalue weighted by molar-refractivity contribution is 0.224. The first kappa shape index (κ1) is 10.1. The third-order valence-corrected chi connectivity index (χ3v) is 3.07. The highest BCUT2D eigenvalue weighted by atomic mass is 35.5.